The molecule has 108 valence electrons. The first-order valence-corrected chi connectivity index (χ1v) is 6.86. The predicted octanol–water partition coefficient (Wildman–Crippen LogP) is 0.705. The Kier molecular flexibility index (Phi) is 3.34. The highest BCUT2D eigenvalue weighted by molar-refractivity contribution is 7.87. The minimum atomic E-state index is -4.94. The molecule has 1 unspecified atom stereocenters. The maximum absolute atomic E-state index is 12.9. The summed E-state index contributed by atoms with van der Waals surface area (Å²) in [5.74, 6) is -1.36. The summed E-state index contributed by atoms with van der Waals surface area (Å²) in [6.45, 7) is -0.573. The molecule has 1 atom stereocenters. The molecule has 0 radical (unpaired) electrons. The lowest BCUT2D eigenvalue weighted by atomic mass is 10.2. The van der Waals surface area contributed by atoms with Crippen molar-refractivity contribution in [3.05, 3.63) is 28.3 Å². The molecule has 1 fully saturated rings. The van der Waals surface area contributed by atoms with Crippen molar-refractivity contribution in [3.8, 4) is 5.75 Å². The van der Waals surface area contributed by atoms with Gasteiger partial charge in [-0.2, -0.15) is 8.42 Å². The maximum atomic E-state index is 12.9. The van der Waals surface area contributed by atoms with E-state index in [2.05, 4.69) is 0 Å². The summed E-state index contributed by atoms with van der Waals surface area (Å²) in [7, 11) is -4.94. The molecule has 1 aliphatic heterocycles. The highest BCUT2D eigenvalue weighted by Gasteiger charge is 2.42. The molecule has 0 aliphatic carbocycles. The number of para-hydroxylation sites is 1. The van der Waals surface area contributed by atoms with Crippen LogP contribution in [0.15, 0.2) is 18.2 Å². The SMILES string of the molecule is O=C1CC(S(=O)(=O)F)CN1c1c(O)cccc1[N+](=O)[O-]. The van der Waals surface area contributed by atoms with Gasteiger partial charge >= 0.3 is 10.2 Å². The molecule has 0 spiro atoms. The van der Waals surface area contributed by atoms with Crippen molar-refractivity contribution in [2.75, 3.05) is 11.4 Å². The number of nitrogens with zero attached hydrogens (tertiary/aromatic N) is 2. The van der Waals surface area contributed by atoms with Gasteiger partial charge in [0.2, 0.25) is 5.91 Å². The third-order valence-electron chi connectivity index (χ3n) is 2.95. The quantitative estimate of drug-likeness (QED) is 0.499. The Labute approximate surface area is 112 Å². The number of hydrogen-bond donors (Lipinski definition) is 1. The zero-order valence-electron chi connectivity index (χ0n) is 9.89. The average Bonchev–Trinajstić information content (AvgIpc) is 2.70. The Hall–Kier alpha value is -2.23. The van der Waals surface area contributed by atoms with E-state index in [0.29, 0.717) is 0 Å². The molecule has 2 rings (SSSR count). The van der Waals surface area contributed by atoms with Gasteiger partial charge in [-0.1, -0.05) is 6.07 Å². The first-order valence-electron chi connectivity index (χ1n) is 5.42. The molecule has 10 heteroatoms. The van der Waals surface area contributed by atoms with Crippen molar-refractivity contribution >= 4 is 27.5 Å². The number of amides is 1. The second-order valence-electron chi connectivity index (χ2n) is 4.21. The lowest BCUT2D eigenvalue weighted by Crippen LogP contribution is -2.27. The normalized spacial score (nSPS) is 19.4. The molecule has 8 nitrogen and oxygen atoms in total. The summed E-state index contributed by atoms with van der Waals surface area (Å²) in [5, 5.41) is 19.0. The fraction of sp³-hybridized carbons (Fsp3) is 0.300. The summed E-state index contributed by atoms with van der Waals surface area (Å²) in [6, 6.07) is 3.38. The molecular formula is C10H9FN2O6S. The van der Waals surface area contributed by atoms with Gasteiger partial charge in [0.1, 0.15) is 11.0 Å². The summed E-state index contributed by atoms with van der Waals surface area (Å²) in [6.07, 6.45) is -0.621. The van der Waals surface area contributed by atoms with Gasteiger partial charge in [0.05, 0.1) is 4.92 Å². The van der Waals surface area contributed by atoms with Crippen molar-refractivity contribution in [1.29, 1.82) is 0 Å². The molecule has 1 aliphatic rings. The van der Waals surface area contributed by atoms with Gasteiger partial charge < -0.3 is 10.0 Å². The monoisotopic (exact) mass is 304 g/mol. The number of rotatable bonds is 3. The van der Waals surface area contributed by atoms with Gasteiger partial charge in [0.25, 0.3) is 5.69 Å². The number of aromatic hydroxyl groups is 1. The van der Waals surface area contributed by atoms with Crippen LogP contribution in [0.5, 0.6) is 5.75 Å². The second kappa shape index (κ2) is 4.71. The van der Waals surface area contributed by atoms with Crippen LogP contribution in [0, 0.1) is 10.1 Å². The predicted molar refractivity (Wildman–Crippen MR) is 65.5 cm³/mol. The molecular weight excluding hydrogens is 295 g/mol. The van der Waals surface area contributed by atoms with Crippen molar-refractivity contribution in [1.82, 2.24) is 0 Å². The highest BCUT2D eigenvalue weighted by atomic mass is 32.3. The van der Waals surface area contributed by atoms with Crippen LogP contribution in [0.25, 0.3) is 0 Å². The third kappa shape index (κ3) is 2.41. The molecule has 20 heavy (non-hydrogen) atoms. The van der Waals surface area contributed by atoms with Gasteiger partial charge in [-0.25, -0.2) is 0 Å². The topological polar surface area (TPSA) is 118 Å². The van der Waals surface area contributed by atoms with E-state index in [9.17, 15) is 32.3 Å². The summed E-state index contributed by atoms with van der Waals surface area (Å²) in [4.78, 5) is 22.5. The first-order chi connectivity index (χ1) is 9.21. The largest absolute Gasteiger partial charge is 0.505 e. The van der Waals surface area contributed by atoms with Gasteiger partial charge in [-0.15, -0.1) is 3.89 Å². The van der Waals surface area contributed by atoms with Crippen LogP contribution in [-0.2, 0) is 15.0 Å². The highest BCUT2D eigenvalue weighted by Crippen LogP contribution is 2.39. The van der Waals surface area contributed by atoms with Gasteiger partial charge in [-0.05, 0) is 6.07 Å². The van der Waals surface area contributed by atoms with E-state index in [1.807, 2.05) is 0 Å². The zero-order valence-corrected chi connectivity index (χ0v) is 10.7. The van der Waals surface area contributed by atoms with E-state index >= 15 is 0 Å². The number of halogens is 1. The van der Waals surface area contributed by atoms with Crippen LogP contribution < -0.4 is 4.90 Å². The van der Waals surface area contributed by atoms with Crippen molar-refractivity contribution in [2.45, 2.75) is 11.7 Å². The number of hydrogen-bond acceptors (Lipinski definition) is 6. The van der Waals surface area contributed by atoms with Crippen LogP contribution in [0.4, 0.5) is 15.3 Å². The number of carbonyl (C=O) groups excluding carboxylic acids is 1. The van der Waals surface area contributed by atoms with Crippen LogP contribution in [0.3, 0.4) is 0 Å². The Morgan fingerprint density at radius 1 is 1.45 bits per heavy atom. The first kappa shape index (κ1) is 14.2. The molecule has 0 aromatic heterocycles. The van der Waals surface area contributed by atoms with Crippen LogP contribution in [0.2, 0.25) is 0 Å². The molecule has 0 saturated carbocycles. The molecule has 1 aromatic rings. The molecule has 1 aromatic carbocycles. The molecule has 1 amide bonds. The number of nitro benzene ring substituents is 1. The Balaban J connectivity index is 2.48. The van der Waals surface area contributed by atoms with E-state index in [1.165, 1.54) is 6.07 Å². The van der Waals surface area contributed by atoms with Gasteiger partial charge in [0.15, 0.2) is 5.69 Å². The van der Waals surface area contributed by atoms with Crippen LogP contribution in [0.1, 0.15) is 6.42 Å². The van der Waals surface area contributed by atoms with Crippen LogP contribution in [-0.4, -0.2) is 36.1 Å². The van der Waals surface area contributed by atoms with E-state index < -0.39 is 56.4 Å². The van der Waals surface area contributed by atoms with E-state index in [4.69, 9.17) is 0 Å². The molecule has 0 bridgehead atoms. The number of phenols is 1. The Bertz CT molecular complexity index is 689. The molecule has 1 heterocycles. The lowest BCUT2D eigenvalue weighted by molar-refractivity contribution is -0.384. The Morgan fingerprint density at radius 2 is 2.10 bits per heavy atom. The Morgan fingerprint density at radius 3 is 2.60 bits per heavy atom. The van der Waals surface area contributed by atoms with Crippen molar-refractivity contribution < 1.29 is 27.1 Å². The average molecular weight is 304 g/mol. The minimum absolute atomic E-state index is 0.423. The number of nitro groups is 1. The van der Waals surface area contributed by atoms with Gasteiger partial charge in [0, 0.05) is 19.0 Å². The minimum Gasteiger partial charge on any atom is -0.505 e. The molecule has 1 saturated heterocycles. The fourth-order valence-electron chi connectivity index (χ4n) is 2.02. The molecule has 1 N–H and O–H groups in total. The number of benzene rings is 1. The van der Waals surface area contributed by atoms with Crippen molar-refractivity contribution in [3.63, 3.8) is 0 Å². The zero-order chi connectivity index (χ0) is 15.1. The van der Waals surface area contributed by atoms with E-state index in [0.717, 1.165) is 17.0 Å². The van der Waals surface area contributed by atoms with Crippen molar-refractivity contribution in [2.24, 2.45) is 0 Å². The van der Waals surface area contributed by atoms with Crippen LogP contribution >= 0.6 is 0 Å². The number of phenolic OH excluding ortho intramolecular Hbond substituents is 1. The summed E-state index contributed by atoms with van der Waals surface area (Å²) in [5.41, 5.74) is -0.982. The van der Waals surface area contributed by atoms with Gasteiger partial charge in [-0.3, -0.25) is 14.9 Å². The summed E-state index contributed by atoms with van der Waals surface area (Å²) < 4.78 is 34.5. The number of anilines is 1. The second-order valence-corrected chi connectivity index (χ2v) is 5.83. The smallest absolute Gasteiger partial charge is 0.307 e. The maximum Gasteiger partial charge on any atom is 0.307 e. The van der Waals surface area contributed by atoms with E-state index in [1.54, 1.807) is 0 Å². The summed E-state index contributed by atoms with van der Waals surface area (Å²) >= 11 is 0. The standard InChI is InChI=1S/C10H9FN2O6S/c11-20(18,19)6-4-9(15)12(5-6)10-7(13(16)17)2-1-3-8(10)14/h1-3,6,14H,4-5H2. The third-order valence-corrected chi connectivity index (χ3v) is 4.06. The lowest BCUT2D eigenvalue weighted by Gasteiger charge is -2.17. The van der Waals surface area contributed by atoms with E-state index in [-0.39, 0.29) is 0 Å². The number of carbonyl (C=O) groups is 1. The fourth-order valence-corrected chi connectivity index (χ4v) is 2.69.